The van der Waals surface area contributed by atoms with E-state index >= 15 is 0 Å². The Morgan fingerprint density at radius 1 is 0.640 bits per heavy atom. The van der Waals surface area contributed by atoms with Crippen LogP contribution in [0.1, 0.15) is 33.5 Å². The molecule has 249 valence electrons. The Morgan fingerprint density at radius 3 is 2.10 bits per heavy atom. The SMILES string of the molecule is Cc1c[c-]c(-c2cc(C)c(C)cn2)cc1.Cc1cc(-c2[c-]ccc3c2oc2nc(CCc4ccccc4)ccc23)ncc1-c1ccccc1.[Ir]. The second-order valence-corrected chi connectivity index (χ2v) is 12.5. The monoisotopic (exact) mass is 828 g/mol. The quantitative estimate of drug-likeness (QED) is 0.157. The topological polar surface area (TPSA) is 51.8 Å². The third-order valence-corrected chi connectivity index (χ3v) is 8.94. The number of aryl methyl sites for hydroxylation is 6. The van der Waals surface area contributed by atoms with Crippen molar-refractivity contribution in [1.82, 2.24) is 15.0 Å². The molecule has 0 spiro atoms. The molecule has 8 aromatic rings. The van der Waals surface area contributed by atoms with Crippen molar-refractivity contribution in [2.75, 3.05) is 0 Å². The average Bonchev–Trinajstić information content (AvgIpc) is 3.51. The molecule has 8 rings (SSSR count). The van der Waals surface area contributed by atoms with Crippen LogP contribution < -0.4 is 0 Å². The van der Waals surface area contributed by atoms with Gasteiger partial charge in [0, 0.05) is 49.1 Å². The van der Waals surface area contributed by atoms with Gasteiger partial charge in [0.05, 0.1) is 5.58 Å². The van der Waals surface area contributed by atoms with Crippen LogP contribution in [0.5, 0.6) is 0 Å². The van der Waals surface area contributed by atoms with Crippen LogP contribution in [0, 0.1) is 39.8 Å². The molecule has 0 saturated carbocycles. The maximum absolute atomic E-state index is 6.30. The van der Waals surface area contributed by atoms with Crippen molar-refractivity contribution in [3.63, 3.8) is 0 Å². The summed E-state index contributed by atoms with van der Waals surface area (Å²) in [4.78, 5) is 14.0. The van der Waals surface area contributed by atoms with Crippen molar-refractivity contribution < 1.29 is 24.5 Å². The van der Waals surface area contributed by atoms with Crippen molar-refractivity contribution in [3.8, 4) is 33.6 Å². The van der Waals surface area contributed by atoms with Crippen molar-refractivity contribution in [2.24, 2.45) is 0 Å². The Morgan fingerprint density at radius 2 is 1.38 bits per heavy atom. The summed E-state index contributed by atoms with van der Waals surface area (Å²) in [6.07, 6.45) is 5.68. The van der Waals surface area contributed by atoms with Gasteiger partial charge in [0.2, 0.25) is 5.71 Å². The van der Waals surface area contributed by atoms with Gasteiger partial charge in [-0.25, -0.2) is 4.98 Å². The molecule has 0 bridgehead atoms. The fourth-order valence-corrected chi connectivity index (χ4v) is 5.95. The zero-order valence-electron chi connectivity index (χ0n) is 28.6. The van der Waals surface area contributed by atoms with Crippen LogP contribution in [0.15, 0.2) is 132 Å². The van der Waals surface area contributed by atoms with Crippen molar-refractivity contribution in [1.29, 1.82) is 0 Å². The summed E-state index contributed by atoms with van der Waals surface area (Å²) in [5.41, 5.74) is 14.7. The van der Waals surface area contributed by atoms with E-state index in [1.54, 1.807) is 0 Å². The van der Waals surface area contributed by atoms with E-state index in [4.69, 9.17) is 14.4 Å². The van der Waals surface area contributed by atoms with Crippen LogP contribution in [0.25, 0.3) is 55.7 Å². The number of benzene rings is 4. The molecule has 0 fully saturated rings. The minimum Gasteiger partial charge on any atom is -0.486 e. The molecular formula is C45H37IrN3O-2. The second kappa shape index (κ2) is 15.6. The van der Waals surface area contributed by atoms with E-state index in [2.05, 4.69) is 118 Å². The molecule has 0 aliphatic rings. The van der Waals surface area contributed by atoms with Gasteiger partial charge in [-0.2, -0.15) is 0 Å². The predicted molar refractivity (Wildman–Crippen MR) is 200 cm³/mol. The van der Waals surface area contributed by atoms with Crippen LogP contribution in [0.4, 0.5) is 0 Å². The number of aromatic nitrogens is 3. The van der Waals surface area contributed by atoms with Crippen LogP contribution in [0.3, 0.4) is 0 Å². The zero-order chi connectivity index (χ0) is 33.7. The van der Waals surface area contributed by atoms with Gasteiger partial charge in [-0.15, -0.1) is 53.6 Å². The van der Waals surface area contributed by atoms with Crippen molar-refractivity contribution >= 4 is 22.1 Å². The number of pyridine rings is 3. The average molecular weight is 828 g/mol. The fraction of sp³-hybridized carbons (Fsp3) is 0.133. The van der Waals surface area contributed by atoms with Gasteiger partial charge in [-0.1, -0.05) is 96.2 Å². The van der Waals surface area contributed by atoms with Crippen LogP contribution >= 0.6 is 0 Å². The molecule has 0 unspecified atom stereocenters. The van der Waals surface area contributed by atoms with E-state index in [-0.39, 0.29) is 20.1 Å². The summed E-state index contributed by atoms with van der Waals surface area (Å²) in [7, 11) is 0. The number of rotatable bonds is 6. The molecule has 4 aromatic heterocycles. The summed E-state index contributed by atoms with van der Waals surface area (Å²) < 4.78 is 6.30. The van der Waals surface area contributed by atoms with Crippen LogP contribution in [-0.2, 0) is 32.9 Å². The Bertz CT molecular complexity index is 2370. The molecule has 4 heterocycles. The molecule has 4 nitrogen and oxygen atoms in total. The largest absolute Gasteiger partial charge is 0.486 e. The third kappa shape index (κ3) is 7.65. The van der Waals surface area contributed by atoms with E-state index in [0.29, 0.717) is 5.71 Å². The van der Waals surface area contributed by atoms with Gasteiger partial charge in [0.15, 0.2) is 0 Å². The summed E-state index contributed by atoms with van der Waals surface area (Å²) in [6, 6.07) is 46.0. The summed E-state index contributed by atoms with van der Waals surface area (Å²) in [5, 5.41) is 2.06. The van der Waals surface area contributed by atoms with E-state index in [9.17, 15) is 0 Å². The van der Waals surface area contributed by atoms with Crippen LogP contribution in [0.2, 0.25) is 0 Å². The second-order valence-electron chi connectivity index (χ2n) is 12.5. The number of hydrogen-bond acceptors (Lipinski definition) is 4. The first kappa shape index (κ1) is 34.6. The molecule has 4 aromatic carbocycles. The van der Waals surface area contributed by atoms with Crippen LogP contribution in [-0.4, -0.2) is 15.0 Å². The fourth-order valence-electron chi connectivity index (χ4n) is 5.95. The third-order valence-electron chi connectivity index (χ3n) is 8.94. The Kier molecular flexibility index (Phi) is 10.8. The van der Waals surface area contributed by atoms with Gasteiger partial charge in [0.1, 0.15) is 0 Å². The molecule has 1 radical (unpaired) electrons. The molecule has 5 heteroatoms. The molecular weight excluding hydrogens is 791 g/mol. The van der Waals surface area contributed by atoms with E-state index < -0.39 is 0 Å². The van der Waals surface area contributed by atoms with Crippen molar-refractivity contribution in [3.05, 3.63) is 173 Å². The summed E-state index contributed by atoms with van der Waals surface area (Å²) in [5.74, 6) is 0. The normalized spacial score (nSPS) is 10.8. The minimum absolute atomic E-state index is 0. The van der Waals surface area contributed by atoms with Gasteiger partial charge in [-0.05, 0) is 79.4 Å². The molecule has 50 heavy (non-hydrogen) atoms. The molecule has 0 amide bonds. The minimum atomic E-state index is 0. The number of furan rings is 1. The first-order chi connectivity index (χ1) is 23.9. The molecule has 0 N–H and O–H groups in total. The predicted octanol–water partition coefficient (Wildman–Crippen LogP) is 11.1. The Balaban J connectivity index is 0.000000227. The maximum Gasteiger partial charge on any atom is 0.216 e. The molecule has 0 atom stereocenters. The molecule has 0 aliphatic carbocycles. The van der Waals surface area contributed by atoms with Gasteiger partial charge in [0.25, 0.3) is 0 Å². The Hall–Kier alpha value is -5.22. The maximum atomic E-state index is 6.30. The number of nitrogens with zero attached hydrogens (tertiary/aromatic N) is 3. The van der Waals surface area contributed by atoms with Crippen molar-refractivity contribution in [2.45, 2.75) is 40.5 Å². The standard InChI is InChI=1S/C31H23N2O.C14H14N.Ir/c1-21-19-29(32-20-28(21)23-11-6-3-7-12-23)27-14-8-13-25-26-18-17-24(33-31(26)34-30(25)27)16-15-22-9-4-2-5-10-22;1-10-4-6-13(7-5-10)14-8-11(2)12(3)9-15-14;/h2-13,17-20H,15-16H2,1H3;4-6,8-9H,1-3H3;/q2*-1;. The summed E-state index contributed by atoms with van der Waals surface area (Å²) in [6.45, 7) is 8.36. The van der Waals surface area contributed by atoms with E-state index in [0.717, 1.165) is 68.5 Å². The first-order valence-electron chi connectivity index (χ1n) is 16.6. The van der Waals surface area contributed by atoms with E-state index in [1.165, 1.54) is 27.8 Å². The first-order valence-corrected chi connectivity index (χ1v) is 16.6. The molecule has 0 aliphatic heterocycles. The zero-order valence-corrected chi connectivity index (χ0v) is 31.0. The van der Waals surface area contributed by atoms with Gasteiger partial charge >= 0.3 is 0 Å². The Labute approximate surface area is 307 Å². The van der Waals surface area contributed by atoms with Gasteiger partial charge < -0.3 is 14.4 Å². The smallest absolute Gasteiger partial charge is 0.216 e. The van der Waals surface area contributed by atoms with Gasteiger partial charge in [-0.3, -0.25) is 0 Å². The summed E-state index contributed by atoms with van der Waals surface area (Å²) >= 11 is 0. The molecule has 0 saturated heterocycles. The van der Waals surface area contributed by atoms with E-state index in [1.807, 2.05) is 54.9 Å². The number of fused-ring (bicyclic) bond motifs is 3. The number of hydrogen-bond donors (Lipinski definition) is 0.